The molecule has 1 amide bonds. The van der Waals surface area contributed by atoms with Crippen LogP contribution in [0.5, 0.6) is 5.75 Å². The summed E-state index contributed by atoms with van der Waals surface area (Å²) in [5, 5.41) is 3.86. The maximum absolute atomic E-state index is 12.0. The van der Waals surface area contributed by atoms with Gasteiger partial charge in [-0.3, -0.25) is 4.79 Å². The first-order valence-corrected chi connectivity index (χ1v) is 7.79. The molecule has 0 spiro atoms. The topological polar surface area (TPSA) is 51.2 Å². The average molecular weight is 302 g/mol. The minimum Gasteiger partial charge on any atom is -0.497 e. The van der Waals surface area contributed by atoms with E-state index >= 15 is 0 Å². The van der Waals surface area contributed by atoms with Crippen LogP contribution in [0.3, 0.4) is 0 Å². The van der Waals surface area contributed by atoms with Crippen molar-refractivity contribution in [3.05, 3.63) is 29.8 Å². The Labute approximate surface area is 128 Å². The average Bonchev–Trinajstić information content (AvgIpc) is 3.13. The summed E-state index contributed by atoms with van der Waals surface area (Å²) in [6.07, 6.45) is 0.995. The van der Waals surface area contributed by atoms with Gasteiger partial charge in [0.15, 0.2) is 0 Å². The molecule has 3 rings (SSSR count). The molecule has 5 heteroatoms. The number of anilines is 1. The van der Waals surface area contributed by atoms with Gasteiger partial charge in [-0.1, -0.05) is 6.92 Å². The highest BCUT2D eigenvalue weighted by molar-refractivity contribution is 7.10. The monoisotopic (exact) mass is 302 g/mol. The Bertz CT molecular complexity index is 663. The molecule has 1 fully saturated rings. The Kier molecular flexibility index (Phi) is 3.68. The maximum Gasteiger partial charge on any atom is 0.228 e. The Hall–Kier alpha value is -1.88. The molecule has 110 valence electrons. The van der Waals surface area contributed by atoms with Crippen LogP contribution in [0.25, 0.3) is 11.3 Å². The summed E-state index contributed by atoms with van der Waals surface area (Å²) in [4.78, 5) is 12.0. The number of carbonyl (C=O) groups is 1. The molecule has 1 aliphatic carbocycles. The summed E-state index contributed by atoms with van der Waals surface area (Å²) in [6, 6.07) is 7.79. The Morgan fingerprint density at radius 2 is 2.05 bits per heavy atom. The zero-order valence-corrected chi connectivity index (χ0v) is 13.2. The molecule has 1 heterocycles. The van der Waals surface area contributed by atoms with Gasteiger partial charge in [0.2, 0.25) is 5.91 Å². The van der Waals surface area contributed by atoms with Crippen LogP contribution in [0.4, 0.5) is 5.00 Å². The summed E-state index contributed by atoms with van der Waals surface area (Å²) in [5.74, 6) is 1.63. The van der Waals surface area contributed by atoms with Crippen LogP contribution in [0.2, 0.25) is 0 Å². The third-order valence-electron chi connectivity index (χ3n) is 3.97. The molecule has 1 aromatic heterocycles. The molecule has 1 aromatic carbocycles. The van der Waals surface area contributed by atoms with Crippen molar-refractivity contribution >= 4 is 22.4 Å². The lowest BCUT2D eigenvalue weighted by Crippen LogP contribution is -2.14. The number of carbonyl (C=O) groups excluding carboxylic acids is 1. The number of hydrogen-bond acceptors (Lipinski definition) is 4. The summed E-state index contributed by atoms with van der Waals surface area (Å²) < 4.78 is 9.64. The third-order valence-corrected chi connectivity index (χ3v) is 4.84. The molecule has 4 nitrogen and oxygen atoms in total. The highest BCUT2D eigenvalue weighted by atomic mass is 32.1. The van der Waals surface area contributed by atoms with E-state index < -0.39 is 0 Å². The second kappa shape index (κ2) is 5.48. The molecular weight excluding hydrogens is 284 g/mol. The van der Waals surface area contributed by atoms with E-state index in [1.165, 1.54) is 11.5 Å². The molecule has 0 bridgehead atoms. The first-order chi connectivity index (χ1) is 10.1. The standard InChI is InChI=1S/C16H18N2O2S/c1-9-8-13(9)15(19)17-16-10(2)14(18-21-16)11-4-6-12(20-3)7-5-11/h4-7,9,13H,8H2,1-3H3,(H,17,19)/t9-,13-/m0/s1. The van der Waals surface area contributed by atoms with Crippen molar-refractivity contribution in [2.75, 3.05) is 12.4 Å². The fourth-order valence-electron chi connectivity index (χ4n) is 2.36. The van der Waals surface area contributed by atoms with E-state index in [0.717, 1.165) is 34.0 Å². The summed E-state index contributed by atoms with van der Waals surface area (Å²) >= 11 is 1.34. The van der Waals surface area contributed by atoms with Crippen LogP contribution in [0, 0.1) is 18.8 Å². The predicted octanol–water partition coefficient (Wildman–Crippen LogP) is 3.72. The van der Waals surface area contributed by atoms with Gasteiger partial charge in [-0.25, -0.2) is 0 Å². The molecule has 0 radical (unpaired) electrons. The van der Waals surface area contributed by atoms with Crippen LogP contribution in [0.15, 0.2) is 24.3 Å². The lowest BCUT2D eigenvalue weighted by atomic mass is 10.1. The zero-order chi connectivity index (χ0) is 15.0. The van der Waals surface area contributed by atoms with Crippen molar-refractivity contribution in [1.82, 2.24) is 4.37 Å². The fourth-order valence-corrected chi connectivity index (χ4v) is 3.17. The van der Waals surface area contributed by atoms with E-state index in [0.29, 0.717) is 5.92 Å². The van der Waals surface area contributed by atoms with Crippen molar-refractivity contribution in [1.29, 1.82) is 0 Å². The minimum atomic E-state index is 0.121. The minimum absolute atomic E-state index is 0.121. The van der Waals surface area contributed by atoms with Crippen LogP contribution < -0.4 is 10.1 Å². The number of nitrogens with zero attached hydrogens (tertiary/aromatic N) is 1. The normalized spacial score (nSPS) is 20.1. The zero-order valence-electron chi connectivity index (χ0n) is 12.3. The summed E-state index contributed by atoms with van der Waals surface area (Å²) in [6.45, 7) is 4.10. The number of rotatable bonds is 4. The van der Waals surface area contributed by atoms with E-state index in [1.54, 1.807) is 7.11 Å². The molecule has 2 aromatic rings. The maximum atomic E-state index is 12.0. The van der Waals surface area contributed by atoms with Crippen molar-refractivity contribution in [2.45, 2.75) is 20.3 Å². The molecule has 21 heavy (non-hydrogen) atoms. The van der Waals surface area contributed by atoms with Crippen molar-refractivity contribution in [2.24, 2.45) is 11.8 Å². The van der Waals surface area contributed by atoms with Crippen LogP contribution in [-0.4, -0.2) is 17.4 Å². The number of benzene rings is 1. The van der Waals surface area contributed by atoms with Gasteiger partial charge in [-0.05, 0) is 55.1 Å². The smallest absolute Gasteiger partial charge is 0.228 e. The van der Waals surface area contributed by atoms with Gasteiger partial charge in [-0.15, -0.1) is 0 Å². The van der Waals surface area contributed by atoms with E-state index in [1.807, 2.05) is 31.2 Å². The van der Waals surface area contributed by atoms with E-state index in [2.05, 4.69) is 16.6 Å². The second-order valence-electron chi connectivity index (χ2n) is 5.52. The van der Waals surface area contributed by atoms with Crippen molar-refractivity contribution in [3.8, 4) is 17.0 Å². The van der Waals surface area contributed by atoms with E-state index in [-0.39, 0.29) is 11.8 Å². The molecule has 1 saturated carbocycles. The molecule has 0 unspecified atom stereocenters. The van der Waals surface area contributed by atoms with Gasteiger partial charge >= 0.3 is 0 Å². The molecule has 0 aliphatic heterocycles. The van der Waals surface area contributed by atoms with E-state index in [9.17, 15) is 4.79 Å². The van der Waals surface area contributed by atoms with Crippen LogP contribution >= 0.6 is 11.5 Å². The highest BCUT2D eigenvalue weighted by Crippen LogP contribution is 2.40. The SMILES string of the molecule is COc1ccc(-c2nsc(NC(=O)[C@H]3C[C@@H]3C)c2C)cc1. The van der Waals surface area contributed by atoms with Gasteiger partial charge in [0, 0.05) is 17.0 Å². The molecule has 2 atom stereocenters. The van der Waals surface area contributed by atoms with Gasteiger partial charge in [0.25, 0.3) is 0 Å². The predicted molar refractivity (Wildman–Crippen MR) is 84.7 cm³/mol. The molecular formula is C16H18N2O2S. The van der Waals surface area contributed by atoms with Gasteiger partial charge in [0.1, 0.15) is 10.8 Å². The number of methoxy groups -OCH3 is 1. The number of amides is 1. The van der Waals surface area contributed by atoms with Crippen LogP contribution in [0.1, 0.15) is 18.9 Å². The van der Waals surface area contributed by atoms with Gasteiger partial charge in [0.05, 0.1) is 12.8 Å². The largest absolute Gasteiger partial charge is 0.497 e. The van der Waals surface area contributed by atoms with Crippen LogP contribution in [-0.2, 0) is 4.79 Å². The Balaban J connectivity index is 1.79. The lowest BCUT2D eigenvalue weighted by Gasteiger charge is -2.04. The van der Waals surface area contributed by atoms with Gasteiger partial charge in [-0.2, -0.15) is 4.37 Å². The molecule has 1 aliphatic rings. The van der Waals surface area contributed by atoms with Crippen molar-refractivity contribution < 1.29 is 9.53 Å². The molecule has 1 N–H and O–H groups in total. The quantitative estimate of drug-likeness (QED) is 0.936. The Morgan fingerprint density at radius 1 is 1.38 bits per heavy atom. The third kappa shape index (κ3) is 2.78. The highest BCUT2D eigenvalue weighted by Gasteiger charge is 2.39. The van der Waals surface area contributed by atoms with Gasteiger partial charge < -0.3 is 10.1 Å². The fraction of sp³-hybridized carbons (Fsp3) is 0.375. The first-order valence-electron chi connectivity index (χ1n) is 7.01. The van der Waals surface area contributed by atoms with E-state index in [4.69, 9.17) is 4.74 Å². The summed E-state index contributed by atoms with van der Waals surface area (Å²) in [7, 11) is 1.65. The second-order valence-corrected chi connectivity index (χ2v) is 6.30. The summed E-state index contributed by atoms with van der Waals surface area (Å²) in [5.41, 5.74) is 2.97. The van der Waals surface area contributed by atoms with Crippen molar-refractivity contribution in [3.63, 3.8) is 0 Å². The number of nitrogens with one attached hydrogen (secondary N) is 1. The Morgan fingerprint density at radius 3 is 2.62 bits per heavy atom. The number of aromatic nitrogens is 1. The first kappa shape index (κ1) is 14.1. The number of ether oxygens (including phenoxy) is 1. The lowest BCUT2D eigenvalue weighted by molar-refractivity contribution is -0.117. The molecule has 0 saturated heterocycles. The number of hydrogen-bond donors (Lipinski definition) is 1.